The van der Waals surface area contributed by atoms with E-state index in [0.717, 1.165) is 27.8 Å². The Morgan fingerprint density at radius 1 is 1.17 bits per heavy atom. The molecule has 2 atom stereocenters. The van der Waals surface area contributed by atoms with Gasteiger partial charge in [-0.15, -0.1) is 0 Å². The zero-order valence-corrected chi connectivity index (χ0v) is 12.5. The molecule has 2 aromatic carbocycles. The third-order valence-electron chi connectivity index (χ3n) is 4.91. The van der Waals surface area contributed by atoms with Crippen LogP contribution in [-0.2, 0) is 6.42 Å². The van der Waals surface area contributed by atoms with Crippen molar-refractivity contribution in [3.63, 3.8) is 0 Å². The van der Waals surface area contributed by atoms with E-state index in [1.165, 1.54) is 17.0 Å². The zero-order valence-electron chi connectivity index (χ0n) is 12.5. The summed E-state index contributed by atoms with van der Waals surface area (Å²) in [7, 11) is 0. The molecular formula is C19H16FNO2. The van der Waals surface area contributed by atoms with E-state index in [1.807, 2.05) is 18.2 Å². The van der Waals surface area contributed by atoms with E-state index in [9.17, 15) is 14.3 Å². The summed E-state index contributed by atoms with van der Waals surface area (Å²) in [6.07, 6.45) is -0.312. The SMILES string of the molecule is C=C1CN(C(=O)O)[C@@H]2c3cc(F)ccc3Cc3ccccc3[C@@H]12. The third kappa shape index (κ3) is 2.05. The molecule has 1 N–H and O–H groups in total. The van der Waals surface area contributed by atoms with Crippen LogP contribution in [0.25, 0.3) is 0 Å². The highest BCUT2D eigenvalue weighted by Crippen LogP contribution is 2.50. The molecule has 1 aliphatic carbocycles. The summed E-state index contributed by atoms with van der Waals surface area (Å²) in [5.74, 6) is -0.457. The molecule has 1 aliphatic heterocycles. The predicted molar refractivity (Wildman–Crippen MR) is 85.0 cm³/mol. The van der Waals surface area contributed by atoms with Crippen molar-refractivity contribution in [2.24, 2.45) is 0 Å². The number of hydrogen-bond acceptors (Lipinski definition) is 1. The van der Waals surface area contributed by atoms with Crippen molar-refractivity contribution < 1.29 is 14.3 Å². The molecule has 0 bridgehead atoms. The number of benzene rings is 2. The zero-order chi connectivity index (χ0) is 16.1. The summed E-state index contributed by atoms with van der Waals surface area (Å²) in [5, 5.41) is 9.60. The Labute approximate surface area is 133 Å². The van der Waals surface area contributed by atoms with Crippen LogP contribution in [0.5, 0.6) is 0 Å². The first-order valence-corrected chi connectivity index (χ1v) is 7.59. The van der Waals surface area contributed by atoms with E-state index in [2.05, 4.69) is 12.6 Å². The molecule has 1 fully saturated rings. The molecule has 2 aliphatic rings. The molecule has 0 radical (unpaired) electrons. The van der Waals surface area contributed by atoms with Gasteiger partial charge in [0.1, 0.15) is 5.82 Å². The van der Waals surface area contributed by atoms with Crippen LogP contribution in [0, 0.1) is 5.82 Å². The summed E-state index contributed by atoms with van der Waals surface area (Å²) in [6, 6.07) is 12.3. The normalized spacial score (nSPS) is 22.1. The van der Waals surface area contributed by atoms with E-state index in [0.29, 0.717) is 6.42 Å². The predicted octanol–water partition coefficient (Wildman–Crippen LogP) is 4.10. The van der Waals surface area contributed by atoms with Gasteiger partial charge in [0, 0.05) is 12.5 Å². The topological polar surface area (TPSA) is 40.5 Å². The monoisotopic (exact) mass is 309 g/mol. The van der Waals surface area contributed by atoms with Crippen LogP contribution in [0.2, 0.25) is 0 Å². The van der Waals surface area contributed by atoms with Gasteiger partial charge in [-0.2, -0.15) is 0 Å². The number of carboxylic acid groups (broad SMARTS) is 1. The lowest BCUT2D eigenvalue weighted by Crippen LogP contribution is -2.30. The molecule has 0 unspecified atom stereocenters. The number of fused-ring (bicyclic) bond motifs is 5. The van der Waals surface area contributed by atoms with Gasteiger partial charge in [-0.25, -0.2) is 9.18 Å². The minimum atomic E-state index is -0.992. The Morgan fingerprint density at radius 2 is 1.91 bits per heavy atom. The minimum absolute atomic E-state index is 0.120. The van der Waals surface area contributed by atoms with Gasteiger partial charge in [0.15, 0.2) is 0 Å². The fraction of sp³-hybridized carbons (Fsp3) is 0.211. The first kappa shape index (κ1) is 14.0. The molecule has 116 valence electrons. The fourth-order valence-electron chi connectivity index (χ4n) is 3.95. The second-order valence-electron chi connectivity index (χ2n) is 6.21. The number of halogens is 1. The van der Waals surface area contributed by atoms with Crippen LogP contribution >= 0.6 is 0 Å². The highest BCUT2D eigenvalue weighted by molar-refractivity contribution is 5.69. The Morgan fingerprint density at radius 3 is 2.70 bits per heavy atom. The van der Waals surface area contributed by atoms with Crippen molar-refractivity contribution in [1.29, 1.82) is 0 Å². The summed E-state index contributed by atoms with van der Waals surface area (Å²) >= 11 is 0. The second-order valence-corrected chi connectivity index (χ2v) is 6.21. The molecule has 1 saturated heterocycles. The molecule has 0 saturated carbocycles. The smallest absolute Gasteiger partial charge is 0.408 e. The largest absolute Gasteiger partial charge is 0.465 e. The number of likely N-dealkylation sites (tertiary alicyclic amines) is 1. The van der Waals surface area contributed by atoms with Gasteiger partial charge in [-0.1, -0.05) is 36.9 Å². The molecule has 1 amide bonds. The van der Waals surface area contributed by atoms with Gasteiger partial charge < -0.3 is 5.11 Å². The van der Waals surface area contributed by atoms with Gasteiger partial charge in [-0.05, 0) is 46.4 Å². The van der Waals surface area contributed by atoms with Gasteiger partial charge in [0.25, 0.3) is 0 Å². The minimum Gasteiger partial charge on any atom is -0.465 e. The second kappa shape index (κ2) is 4.95. The van der Waals surface area contributed by atoms with Gasteiger partial charge in [0.2, 0.25) is 0 Å². The molecule has 1 heterocycles. The van der Waals surface area contributed by atoms with E-state index in [-0.39, 0.29) is 18.3 Å². The highest BCUT2D eigenvalue weighted by Gasteiger charge is 2.44. The van der Waals surface area contributed by atoms with Gasteiger partial charge in [-0.3, -0.25) is 4.90 Å². The van der Waals surface area contributed by atoms with Crippen LogP contribution < -0.4 is 0 Å². The number of rotatable bonds is 0. The molecule has 23 heavy (non-hydrogen) atoms. The Bertz CT molecular complexity index is 830. The maximum Gasteiger partial charge on any atom is 0.408 e. The van der Waals surface area contributed by atoms with Gasteiger partial charge in [0.05, 0.1) is 6.04 Å². The molecule has 2 aromatic rings. The summed E-state index contributed by atoms with van der Waals surface area (Å²) in [6.45, 7) is 4.39. The van der Waals surface area contributed by atoms with Crippen molar-refractivity contribution in [2.75, 3.05) is 6.54 Å². The lowest BCUT2D eigenvalue weighted by atomic mass is 9.85. The average Bonchev–Trinajstić information content (AvgIpc) is 2.79. The van der Waals surface area contributed by atoms with E-state index >= 15 is 0 Å². The first-order chi connectivity index (χ1) is 11.1. The van der Waals surface area contributed by atoms with E-state index < -0.39 is 12.1 Å². The van der Waals surface area contributed by atoms with Crippen LogP contribution in [0.3, 0.4) is 0 Å². The lowest BCUT2D eigenvalue weighted by molar-refractivity contribution is 0.138. The maximum atomic E-state index is 13.9. The Hall–Kier alpha value is -2.62. The molecule has 3 nitrogen and oxygen atoms in total. The fourth-order valence-corrected chi connectivity index (χ4v) is 3.95. The molecular weight excluding hydrogens is 293 g/mol. The lowest BCUT2D eigenvalue weighted by Gasteiger charge is -2.26. The van der Waals surface area contributed by atoms with Crippen molar-refractivity contribution in [3.05, 3.63) is 82.7 Å². The van der Waals surface area contributed by atoms with Crippen molar-refractivity contribution in [2.45, 2.75) is 18.4 Å². The van der Waals surface area contributed by atoms with Crippen LogP contribution in [-0.4, -0.2) is 22.6 Å². The van der Waals surface area contributed by atoms with Gasteiger partial charge >= 0.3 is 6.09 Å². The summed E-state index contributed by atoms with van der Waals surface area (Å²) in [5.41, 5.74) is 4.85. The van der Waals surface area contributed by atoms with Crippen molar-refractivity contribution in [3.8, 4) is 0 Å². The molecule has 4 rings (SSSR count). The Balaban J connectivity index is 2.00. The number of carbonyl (C=O) groups is 1. The first-order valence-electron chi connectivity index (χ1n) is 7.59. The quantitative estimate of drug-likeness (QED) is 0.744. The Kier molecular flexibility index (Phi) is 3.01. The average molecular weight is 309 g/mol. The molecule has 4 heteroatoms. The highest BCUT2D eigenvalue weighted by atomic mass is 19.1. The van der Waals surface area contributed by atoms with Crippen molar-refractivity contribution in [1.82, 2.24) is 4.90 Å². The summed E-state index contributed by atoms with van der Waals surface area (Å²) in [4.78, 5) is 13.1. The van der Waals surface area contributed by atoms with Crippen molar-refractivity contribution >= 4 is 6.09 Å². The van der Waals surface area contributed by atoms with Crippen LogP contribution in [0.15, 0.2) is 54.6 Å². The van der Waals surface area contributed by atoms with Crippen LogP contribution in [0.4, 0.5) is 9.18 Å². The third-order valence-corrected chi connectivity index (χ3v) is 4.91. The number of hydrogen-bond donors (Lipinski definition) is 1. The van der Waals surface area contributed by atoms with E-state index in [4.69, 9.17) is 0 Å². The van der Waals surface area contributed by atoms with Crippen LogP contribution in [0.1, 0.15) is 34.2 Å². The standard InChI is InChI=1S/C19H16FNO2/c1-11-10-21(19(22)23)18-16-9-14(20)7-6-13(16)8-12-4-2-3-5-15(12)17(11)18/h2-7,9,17-18H,1,8,10H2,(H,22,23)/t17-,18-/m1/s1. The maximum absolute atomic E-state index is 13.9. The van der Waals surface area contributed by atoms with E-state index in [1.54, 1.807) is 6.07 Å². The number of amides is 1. The summed E-state index contributed by atoms with van der Waals surface area (Å²) < 4.78 is 13.9. The molecule has 0 spiro atoms. The number of nitrogens with zero attached hydrogens (tertiary/aromatic N) is 1. The molecule has 0 aromatic heterocycles.